The second-order valence-electron chi connectivity index (χ2n) is 5.70. The normalized spacial score (nSPS) is 11.8. The Labute approximate surface area is 125 Å². The second kappa shape index (κ2) is 7.67. The summed E-state index contributed by atoms with van der Waals surface area (Å²) in [6.07, 6.45) is 0.809. The highest BCUT2D eigenvalue weighted by Crippen LogP contribution is 2.26. The maximum atomic E-state index is 10.7. The van der Waals surface area contributed by atoms with E-state index in [-0.39, 0.29) is 5.75 Å². The van der Waals surface area contributed by atoms with Crippen molar-refractivity contribution in [2.75, 3.05) is 5.75 Å². The van der Waals surface area contributed by atoms with Gasteiger partial charge in [-0.25, -0.2) is 0 Å². The van der Waals surface area contributed by atoms with Crippen molar-refractivity contribution in [1.82, 2.24) is 14.8 Å². The van der Waals surface area contributed by atoms with Crippen LogP contribution < -0.4 is 0 Å². The summed E-state index contributed by atoms with van der Waals surface area (Å²) in [6.45, 7) is 11.8. The molecule has 0 saturated heterocycles. The van der Waals surface area contributed by atoms with Crippen molar-refractivity contribution in [3.05, 3.63) is 5.82 Å². The first kappa shape index (κ1) is 17.0. The molecule has 0 aliphatic heterocycles. The maximum Gasteiger partial charge on any atom is 0.313 e. The van der Waals surface area contributed by atoms with Gasteiger partial charge >= 0.3 is 5.97 Å². The van der Waals surface area contributed by atoms with Crippen LogP contribution in [0.15, 0.2) is 5.16 Å². The molecule has 5 nitrogen and oxygen atoms in total. The van der Waals surface area contributed by atoms with Crippen LogP contribution in [0.25, 0.3) is 0 Å². The van der Waals surface area contributed by atoms with Crippen LogP contribution in [0.5, 0.6) is 0 Å². The van der Waals surface area contributed by atoms with E-state index in [2.05, 4.69) is 42.5 Å². The Morgan fingerprint density at radius 1 is 1.25 bits per heavy atom. The summed E-state index contributed by atoms with van der Waals surface area (Å²) < 4.78 is 2.10. The number of thioether (sulfide) groups is 1. The molecule has 1 aromatic rings. The fourth-order valence-corrected chi connectivity index (χ4v) is 3.09. The summed E-state index contributed by atoms with van der Waals surface area (Å²) in [6, 6.07) is 0. The van der Waals surface area contributed by atoms with E-state index in [9.17, 15) is 4.79 Å². The molecule has 1 aromatic heterocycles. The number of hydrogen-bond acceptors (Lipinski definition) is 4. The maximum absolute atomic E-state index is 10.7. The Balaban J connectivity index is 2.95. The Morgan fingerprint density at radius 3 is 2.30 bits per heavy atom. The molecule has 20 heavy (non-hydrogen) atoms. The molecule has 0 atom stereocenters. The van der Waals surface area contributed by atoms with Crippen molar-refractivity contribution in [1.29, 1.82) is 0 Å². The van der Waals surface area contributed by atoms with E-state index in [0.717, 1.165) is 23.9 Å². The number of carboxylic acid groups (broad SMARTS) is 1. The summed E-state index contributed by atoms with van der Waals surface area (Å²) in [5.74, 6) is 1.80. The minimum absolute atomic E-state index is 0.0237. The highest BCUT2D eigenvalue weighted by Gasteiger charge is 2.22. The van der Waals surface area contributed by atoms with Gasteiger partial charge in [-0.1, -0.05) is 46.4 Å². The van der Waals surface area contributed by atoms with Gasteiger partial charge in [0.15, 0.2) is 5.16 Å². The molecule has 1 rings (SSSR count). The number of aromatic nitrogens is 3. The van der Waals surface area contributed by atoms with Crippen LogP contribution in [0.1, 0.15) is 40.4 Å². The molecule has 0 unspecified atom stereocenters. The second-order valence-corrected chi connectivity index (χ2v) is 6.64. The van der Waals surface area contributed by atoms with Gasteiger partial charge in [0.2, 0.25) is 0 Å². The summed E-state index contributed by atoms with van der Waals surface area (Å²) >= 11 is 1.25. The van der Waals surface area contributed by atoms with Gasteiger partial charge in [-0.05, 0) is 17.8 Å². The highest BCUT2D eigenvalue weighted by molar-refractivity contribution is 7.99. The van der Waals surface area contributed by atoms with Crippen LogP contribution in [0.3, 0.4) is 0 Å². The first-order chi connectivity index (χ1) is 9.36. The summed E-state index contributed by atoms with van der Waals surface area (Å²) in [4.78, 5) is 10.7. The van der Waals surface area contributed by atoms with Crippen molar-refractivity contribution in [2.45, 2.75) is 52.7 Å². The zero-order chi connectivity index (χ0) is 15.3. The SMILES string of the molecule is CCc1nnc(SCC(=O)O)n1CC(C(C)C)C(C)C. The Bertz CT molecular complexity index is 436. The lowest BCUT2D eigenvalue weighted by Gasteiger charge is -2.26. The predicted molar refractivity (Wildman–Crippen MR) is 80.9 cm³/mol. The molecule has 0 radical (unpaired) electrons. The van der Waals surface area contributed by atoms with Crippen LogP contribution >= 0.6 is 11.8 Å². The standard InChI is InChI=1S/C14H25N3O2S/c1-6-12-15-16-14(20-8-13(18)19)17(12)7-11(9(2)3)10(4)5/h9-11H,6-8H2,1-5H3,(H,18,19). The van der Waals surface area contributed by atoms with E-state index in [1.165, 1.54) is 11.8 Å². The van der Waals surface area contributed by atoms with Gasteiger partial charge in [-0.15, -0.1) is 10.2 Å². The van der Waals surface area contributed by atoms with Crippen molar-refractivity contribution < 1.29 is 9.90 Å². The quantitative estimate of drug-likeness (QED) is 0.747. The number of hydrogen-bond donors (Lipinski definition) is 1. The molecule has 0 aliphatic rings. The van der Waals surface area contributed by atoms with E-state index in [1.54, 1.807) is 0 Å². The van der Waals surface area contributed by atoms with Crippen LogP contribution in [0, 0.1) is 17.8 Å². The Hall–Kier alpha value is -1.04. The smallest absolute Gasteiger partial charge is 0.313 e. The minimum Gasteiger partial charge on any atom is -0.481 e. The van der Waals surface area contributed by atoms with E-state index in [0.29, 0.717) is 17.8 Å². The first-order valence-electron chi connectivity index (χ1n) is 7.13. The van der Waals surface area contributed by atoms with Crippen molar-refractivity contribution >= 4 is 17.7 Å². The molecule has 0 aliphatic carbocycles. The number of aliphatic carboxylic acids is 1. The molecule has 0 fully saturated rings. The molecule has 114 valence electrons. The van der Waals surface area contributed by atoms with Gasteiger partial charge in [0, 0.05) is 13.0 Å². The van der Waals surface area contributed by atoms with Crippen LogP contribution in [-0.4, -0.2) is 31.6 Å². The predicted octanol–water partition coefficient (Wildman–Crippen LogP) is 2.95. The van der Waals surface area contributed by atoms with Crippen LogP contribution in [-0.2, 0) is 17.8 Å². The summed E-state index contributed by atoms with van der Waals surface area (Å²) in [5, 5.41) is 17.9. The topological polar surface area (TPSA) is 68.0 Å². The average molecular weight is 299 g/mol. The van der Waals surface area contributed by atoms with Crippen molar-refractivity contribution in [3.8, 4) is 0 Å². The fraction of sp³-hybridized carbons (Fsp3) is 0.786. The summed E-state index contributed by atoms with van der Waals surface area (Å²) in [5.41, 5.74) is 0. The van der Waals surface area contributed by atoms with Gasteiger partial charge in [0.1, 0.15) is 5.82 Å². The average Bonchev–Trinajstić information content (AvgIpc) is 2.74. The molecular weight excluding hydrogens is 274 g/mol. The molecule has 6 heteroatoms. The third-order valence-corrected chi connectivity index (χ3v) is 4.49. The molecule has 1 heterocycles. The fourth-order valence-electron chi connectivity index (χ4n) is 2.40. The third kappa shape index (κ3) is 4.51. The molecule has 0 amide bonds. The zero-order valence-electron chi connectivity index (χ0n) is 13.0. The molecule has 1 N–H and O–H groups in total. The van der Waals surface area contributed by atoms with Crippen LogP contribution in [0.4, 0.5) is 0 Å². The monoisotopic (exact) mass is 299 g/mol. The van der Waals surface area contributed by atoms with Gasteiger partial charge in [-0.3, -0.25) is 4.79 Å². The lowest BCUT2D eigenvalue weighted by molar-refractivity contribution is -0.133. The lowest BCUT2D eigenvalue weighted by Crippen LogP contribution is -2.23. The van der Waals surface area contributed by atoms with Gasteiger partial charge < -0.3 is 9.67 Å². The van der Waals surface area contributed by atoms with Crippen molar-refractivity contribution in [3.63, 3.8) is 0 Å². The van der Waals surface area contributed by atoms with E-state index >= 15 is 0 Å². The zero-order valence-corrected chi connectivity index (χ0v) is 13.8. The molecule has 0 bridgehead atoms. The molecular formula is C14H25N3O2S. The first-order valence-corrected chi connectivity index (χ1v) is 8.12. The third-order valence-electron chi connectivity index (χ3n) is 3.54. The Kier molecular flexibility index (Phi) is 6.52. The van der Waals surface area contributed by atoms with E-state index in [4.69, 9.17) is 5.11 Å². The largest absolute Gasteiger partial charge is 0.481 e. The number of carboxylic acids is 1. The van der Waals surface area contributed by atoms with Crippen molar-refractivity contribution in [2.24, 2.45) is 17.8 Å². The van der Waals surface area contributed by atoms with Crippen LogP contribution in [0.2, 0.25) is 0 Å². The van der Waals surface area contributed by atoms with E-state index in [1.807, 2.05) is 6.92 Å². The van der Waals surface area contributed by atoms with Gasteiger partial charge in [0.25, 0.3) is 0 Å². The Morgan fingerprint density at radius 2 is 1.85 bits per heavy atom. The lowest BCUT2D eigenvalue weighted by atomic mass is 9.85. The molecule has 0 aromatic carbocycles. The summed E-state index contributed by atoms with van der Waals surface area (Å²) in [7, 11) is 0. The van der Waals surface area contributed by atoms with E-state index < -0.39 is 5.97 Å². The molecule has 0 saturated carbocycles. The van der Waals surface area contributed by atoms with Gasteiger partial charge in [-0.2, -0.15) is 0 Å². The number of rotatable bonds is 8. The number of carbonyl (C=O) groups is 1. The number of aryl methyl sites for hydroxylation is 1. The minimum atomic E-state index is -0.827. The highest BCUT2D eigenvalue weighted by atomic mass is 32.2. The van der Waals surface area contributed by atoms with Gasteiger partial charge in [0.05, 0.1) is 5.75 Å². The number of nitrogens with zero attached hydrogens (tertiary/aromatic N) is 3. The molecule has 0 spiro atoms.